The fraction of sp³-hybridized carbons (Fsp3) is 0.133. The predicted molar refractivity (Wildman–Crippen MR) is 80.5 cm³/mol. The molecule has 2 heterocycles. The van der Waals surface area contributed by atoms with Crippen molar-refractivity contribution < 1.29 is 9.53 Å². The van der Waals surface area contributed by atoms with Crippen molar-refractivity contribution in [2.24, 2.45) is 0 Å². The Labute approximate surface area is 124 Å². The molecule has 0 aliphatic carbocycles. The SMILES string of the molecule is C[C@H](OC(=O)c1ccsc1)c1nc2ccccc2c(=O)[nH]1. The van der Waals surface area contributed by atoms with Crippen LogP contribution in [0.15, 0.2) is 45.9 Å². The summed E-state index contributed by atoms with van der Waals surface area (Å²) in [5.74, 6) is -0.0955. The number of hydrogen-bond donors (Lipinski definition) is 1. The van der Waals surface area contributed by atoms with E-state index >= 15 is 0 Å². The fourth-order valence-corrected chi connectivity index (χ4v) is 2.59. The lowest BCUT2D eigenvalue weighted by atomic mass is 10.2. The van der Waals surface area contributed by atoms with E-state index in [-0.39, 0.29) is 5.56 Å². The number of aromatic amines is 1. The molecule has 0 aliphatic rings. The van der Waals surface area contributed by atoms with Crippen LogP contribution in [0.3, 0.4) is 0 Å². The van der Waals surface area contributed by atoms with Crippen molar-refractivity contribution >= 4 is 28.2 Å². The second-order valence-corrected chi connectivity index (χ2v) is 5.31. The summed E-state index contributed by atoms with van der Waals surface area (Å²) >= 11 is 1.42. The summed E-state index contributed by atoms with van der Waals surface area (Å²) in [5.41, 5.74) is 0.832. The number of nitrogens with one attached hydrogen (secondary N) is 1. The zero-order valence-corrected chi connectivity index (χ0v) is 12.0. The van der Waals surface area contributed by atoms with Crippen LogP contribution in [0, 0.1) is 0 Å². The highest BCUT2D eigenvalue weighted by molar-refractivity contribution is 7.08. The van der Waals surface area contributed by atoms with E-state index in [0.717, 1.165) is 0 Å². The number of ether oxygens (including phenoxy) is 1. The molecule has 0 saturated heterocycles. The normalized spacial score (nSPS) is 12.2. The number of para-hydroxylation sites is 1. The molecule has 3 aromatic rings. The van der Waals surface area contributed by atoms with Crippen molar-refractivity contribution in [2.45, 2.75) is 13.0 Å². The monoisotopic (exact) mass is 300 g/mol. The first-order valence-electron chi connectivity index (χ1n) is 6.37. The fourth-order valence-electron chi connectivity index (χ4n) is 1.96. The number of H-pyrrole nitrogens is 1. The lowest BCUT2D eigenvalue weighted by Crippen LogP contribution is -2.17. The van der Waals surface area contributed by atoms with Gasteiger partial charge in [-0.05, 0) is 30.5 Å². The maximum absolute atomic E-state index is 12.0. The molecule has 106 valence electrons. The van der Waals surface area contributed by atoms with Gasteiger partial charge in [-0.2, -0.15) is 11.3 Å². The van der Waals surface area contributed by atoms with E-state index in [1.165, 1.54) is 11.3 Å². The van der Waals surface area contributed by atoms with Crippen molar-refractivity contribution in [3.8, 4) is 0 Å². The molecular formula is C15H12N2O3S. The number of esters is 1. The van der Waals surface area contributed by atoms with E-state index < -0.39 is 12.1 Å². The van der Waals surface area contributed by atoms with Gasteiger partial charge in [0.2, 0.25) is 0 Å². The van der Waals surface area contributed by atoms with Crippen LogP contribution in [0.25, 0.3) is 10.9 Å². The third-order valence-electron chi connectivity index (χ3n) is 3.06. The topological polar surface area (TPSA) is 72.0 Å². The van der Waals surface area contributed by atoms with Crippen molar-refractivity contribution in [1.82, 2.24) is 9.97 Å². The van der Waals surface area contributed by atoms with Crippen LogP contribution in [-0.4, -0.2) is 15.9 Å². The summed E-state index contributed by atoms with van der Waals surface area (Å²) < 4.78 is 5.32. The van der Waals surface area contributed by atoms with Gasteiger partial charge in [0, 0.05) is 5.38 Å². The molecule has 3 rings (SSSR count). The molecule has 0 fully saturated rings. The van der Waals surface area contributed by atoms with Gasteiger partial charge in [-0.1, -0.05) is 12.1 Å². The van der Waals surface area contributed by atoms with Crippen molar-refractivity contribution in [3.63, 3.8) is 0 Å². The van der Waals surface area contributed by atoms with Crippen LogP contribution in [0.2, 0.25) is 0 Å². The Balaban J connectivity index is 1.89. The zero-order valence-electron chi connectivity index (χ0n) is 11.2. The summed E-state index contributed by atoms with van der Waals surface area (Å²) in [6.45, 7) is 1.68. The number of thiophene rings is 1. The number of hydrogen-bond acceptors (Lipinski definition) is 5. The van der Waals surface area contributed by atoms with Crippen molar-refractivity contribution in [3.05, 3.63) is 62.8 Å². The Hall–Kier alpha value is -2.47. The van der Waals surface area contributed by atoms with Gasteiger partial charge in [0.25, 0.3) is 5.56 Å². The predicted octanol–water partition coefficient (Wildman–Crippen LogP) is 2.90. The summed E-state index contributed by atoms with van der Waals surface area (Å²) in [5, 5.41) is 4.03. The number of benzene rings is 1. The molecule has 0 unspecified atom stereocenters. The first-order valence-corrected chi connectivity index (χ1v) is 7.31. The van der Waals surface area contributed by atoms with Crippen LogP contribution >= 0.6 is 11.3 Å². The highest BCUT2D eigenvalue weighted by Gasteiger charge is 2.16. The third-order valence-corrected chi connectivity index (χ3v) is 3.74. The van der Waals surface area contributed by atoms with Gasteiger partial charge >= 0.3 is 5.97 Å². The molecule has 0 spiro atoms. The summed E-state index contributed by atoms with van der Waals surface area (Å²) in [6, 6.07) is 8.73. The average molecular weight is 300 g/mol. The molecule has 6 heteroatoms. The number of aromatic nitrogens is 2. The molecule has 21 heavy (non-hydrogen) atoms. The molecule has 0 saturated carbocycles. The van der Waals surface area contributed by atoms with Gasteiger partial charge in [0.1, 0.15) is 0 Å². The molecule has 0 amide bonds. The number of nitrogens with zero attached hydrogens (tertiary/aromatic N) is 1. The lowest BCUT2D eigenvalue weighted by Gasteiger charge is -2.12. The second-order valence-electron chi connectivity index (χ2n) is 4.53. The average Bonchev–Trinajstić information content (AvgIpc) is 3.01. The Morgan fingerprint density at radius 3 is 2.90 bits per heavy atom. The molecule has 2 aromatic heterocycles. The Morgan fingerprint density at radius 2 is 2.14 bits per heavy atom. The minimum Gasteiger partial charge on any atom is -0.451 e. The second kappa shape index (κ2) is 5.49. The largest absolute Gasteiger partial charge is 0.451 e. The van der Waals surface area contributed by atoms with E-state index in [2.05, 4.69) is 9.97 Å². The van der Waals surface area contributed by atoms with Crippen LogP contribution in [-0.2, 0) is 4.74 Å². The maximum Gasteiger partial charge on any atom is 0.339 e. The van der Waals surface area contributed by atoms with Gasteiger partial charge in [-0.3, -0.25) is 4.79 Å². The first-order chi connectivity index (χ1) is 10.1. The van der Waals surface area contributed by atoms with E-state index in [1.54, 1.807) is 48.0 Å². The molecule has 0 radical (unpaired) electrons. The van der Waals surface area contributed by atoms with Crippen LogP contribution in [0.5, 0.6) is 0 Å². The third kappa shape index (κ3) is 2.71. The Kier molecular flexibility index (Phi) is 3.53. The van der Waals surface area contributed by atoms with Crippen LogP contribution < -0.4 is 5.56 Å². The summed E-state index contributed by atoms with van der Waals surface area (Å²) in [4.78, 5) is 30.9. The minimum absolute atomic E-state index is 0.242. The molecule has 1 atom stereocenters. The smallest absolute Gasteiger partial charge is 0.339 e. The lowest BCUT2D eigenvalue weighted by molar-refractivity contribution is 0.0320. The highest BCUT2D eigenvalue weighted by Crippen LogP contribution is 2.17. The Morgan fingerprint density at radius 1 is 1.33 bits per heavy atom. The highest BCUT2D eigenvalue weighted by atomic mass is 32.1. The molecule has 0 aliphatic heterocycles. The minimum atomic E-state index is -0.630. The van der Waals surface area contributed by atoms with E-state index in [0.29, 0.717) is 22.3 Å². The summed E-state index contributed by atoms with van der Waals surface area (Å²) in [7, 11) is 0. The zero-order chi connectivity index (χ0) is 14.8. The molecular weight excluding hydrogens is 288 g/mol. The quantitative estimate of drug-likeness (QED) is 0.755. The van der Waals surface area contributed by atoms with Crippen LogP contribution in [0.4, 0.5) is 0 Å². The van der Waals surface area contributed by atoms with E-state index in [9.17, 15) is 9.59 Å². The van der Waals surface area contributed by atoms with Gasteiger partial charge in [0.05, 0.1) is 16.5 Å². The van der Waals surface area contributed by atoms with E-state index in [4.69, 9.17) is 4.74 Å². The molecule has 1 N–H and O–H groups in total. The number of carbonyl (C=O) groups excluding carboxylic acids is 1. The summed E-state index contributed by atoms with van der Waals surface area (Å²) in [6.07, 6.45) is -0.630. The molecule has 0 bridgehead atoms. The number of rotatable bonds is 3. The van der Waals surface area contributed by atoms with Crippen molar-refractivity contribution in [2.75, 3.05) is 0 Å². The standard InChI is InChI=1S/C15H12N2O3S/c1-9(20-15(19)10-6-7-21-8-10)13-16-12-5-3-2-4-11(12)14(18)17-13/h2-9H,1H3,(H,16,17,18)/t9-/m0/s1. The van der Waals surface area contributed by atoms with Crippen LogP contribution in [0.1, 0.15) is 29.2 Å². The van der Waals surface area contributed by atoms with Gasteiger partial charge in [0.15, 0.2) is 11.9 Å². The number of carbonyl (C=O) groups is 1. The maximum atomic E-state index is 12.0. The van der Waals surface area contributed by atoms with E-state index in [1.807, 2.05) is 0 Å². The van der Waals surface area contributed by atoms with Gasteiger partial charge < -0.3 is 9.72 Å². The first kappa shape index (κ1) is 13.5. The van der Waals surface area contributed by atoms with Crippen molar-refractivity contribution in [1.29, 1.82) is 0 Å². The number of fused-ring (bicyclic) bond motifs is 1. The van der Waals surface area contributed by atoms with Gasteiger partial charge in [-0.25, -0.2) is 9.78 Å². The molecule has 1 aromatic carbocycles. The van der Waals surface area contributed by atoms with Gasteiger partial charge in [-0.15, -0.1) is 0 Å². The molecule has 5 nitrogen and oxygen atoms in total. The Bertz CT molecular complexity index is 840.